The molecule has 0 atom stereocenters. The molecule has 0 saturated carbocycles. The summed E-state index contributed by atoms with van der Waals surface area (Å²) in [6.45, 7) is 4.37. The van der Waals surface area contributed by atoms with Crippen LogP contribution in [-0.2, 0) is 4.79 Å². The summed E-state index contributed by atoms with van der Waals surface area (Å²) < 4.78 is 5.19. The topological polar surface area (TPSA) is 45.5 Å². The molecule has 1 saturated heterocycles. The van der Waals surface area contributed by atoms with E-state index in [0.717, 1.165) is 30.4 Å². The Labute approximate surface area is 136 Å². The van der Waals surface area contributed by atoms with Gasteiger partial charge in [-0.3, -0.25) is 4.79 Å². The molecule has 4 nitrogen and oxygen atoms in total. The van der Waals surface area contributed by atoms with E-state index in [-0.39, 0.29) is 5.91 Å². The van der Waals surface area contributed by atoms with Crippen LogP contribution in [0.1, 0.15) is 25.5 Å². The predicted octanol–water partition coefficient (Wildman–Crippen LogP) is 4.17. The van der Waals surface area contributed by atoms with Gasteiger partial charge >= 0.3 is 0 Å². The van der Waals surface area contributed by atoms with Crippen molar-refractivity contribution >= 4 is 23.4 Å². The van der Waals surface area contributed by atoms with Gasteiger partial charge in [-0.1, -0.05) is 19.1 Å². The van der Waals surface area contributed by atoms with Gasteiger partial charge in [-0.2, -0.15) is 0 Å². The summed E-state index contributed by atoms with van der Waals surface area (Å²) in [5.41, 5.74) is 1.95. The molecule has 4 heteroatoms. The average Bonchev–Trinajstić information content (AvgIpc) is 3.08. The van der Waals surface area contributed by atoms with E-state index in [1.54, 1.807) is 18.4 Å². The minimum Gasteiger partial charge on any atom is -0.465 e. The van der Waals surface area contributed by atoms with Crippen molar-refractivity contribution < 1.29 is 9.21 Å². The van der Waals surface area contributed by atoms with Crippen LogP contribution in [-0.4, -0.2) is 19.0 Å². The molecule has 0 bridgehead atoms. The molecule has 120 valence electrons. The van der Waals surface area contributed by atoms with Gasteiger partial charge in [0.1, 0.15) is 5.76 Å². The van der Waals surface area contributed by atoms with Crippen molar-refractivity contribution in [2.75, 3.05) is 23.3 Å². The minimum absolute atomic E-state index is 0.153. The number of hydrogen-bond donors (Lipinski definition) is 1. The molecule has 3 rings (SSSR count). The maximum absolute atomic E-state index is 12.1. The summed E-state index contributed by atoms with van der Waals surface area (Å²) >= 11 is 0. The number of furan rings is 1. The van der Waals surface area contributed by atoms with E-state index in [1.165, 1.54) is 18.9 Å². The number of benzene rings is 1. The number of nitrogens with one attached hydrogen (secondary N) is 1. The van der Waals surface area contributed by atoms with Crippen LogP contribution in [0.25, 0.3) is 6.08 Å². The molecular formula is C19H22N2O2. The summed E-state index contributed by atoms with van der Waals surface area (Å²) in [7, 11) is 0. The maximum atomic E-state index is 12.1. The third-order valence-electron chi connectivity index (χ3n) is 4.23. The van der Waals surface area contributed by atoms with Crippen LogP contribution in [0, 0.1) is 5.92 Å². The summed E-state index contributed by atoms with van der Waals surface area (Å²) in [6.07, 6.45) is 7.14. The lowest BCUT2D eigenvalue weighted by molar-refractivity contribution is -0.111. The van der Waals surface area contributed by atoms with Crippen LogP contribution in [0.5, 0.6) is 0 Å². The highest BCUT2D eigenvalue weighted by molar-refractivity contribution is 6.03. The average molecular weight is 310 g/mol. The number of carbonyl (C=O) groups is 1. The van der Waals surface area contributed by atoms with Crippen molar-refractivity contribution in [3.05, 3.63) is 54.5 Å². The first kappa shape index (κ1) is 15.4. The molecular weight excluding hydrogens is 288 g/mol. The van der Waals surface area contributed by atoms with Gasteiger partial charge in [0.05, 0.1) is 17.6 Å². The minimum atomic E-state index is -0.153. The summed E-state index contributed by atoms with van der Waals surface area (Å²) in [6, 6.07) is 11.6. The van der Waals surface area contributed by atoms with Crippen molar-refractivity contribution in [3.8, 4) is 0 Å². The first-order chi connectivity index (χ1) is 11.2. The van der Waals surface area contributed by atoms with E-state index in [0.29, 0.717) is 5.76 Å². The van der Waals surface area contributed by atoms with Gasteiger partial charge in [-0.25, -0.2) is 0 Å². The number of nitrogens with zero attached hydrogens (tertiary/aromatic N) is 1. The molecule has 1 aliphatic heterocycles. The molecule has 1 aromatic heterocycles. The highest BCUT2D eigenvalue weighted by Gasteiger charge is 2.18. The van der Waals surface area contributed by atoms with Crippen LogP contribution in [0.2, 0.25) is 0 Å². The zero-order chi connectivity index (χ0) is 16.1. The van der Waals surface area contributed by atoms with Gasteiger partial charge in [-0.15, -0.1) is 0 Å². The van der Waals surface area contributed by atoms with Crippen molar-refractivity contribution in [3.63, 3.8) is 0 Å². The molecule has 0 radical (unpaired) electrons. The lowest BCUT2D eigenvalue weighted by Crippen LogP contribution is -2.33. The number of carbonyl (C=O) groups excluding carboxylic acids is 1. The Hall–Kier alpha value is -2.49. The van der Waals surface area contributed by atoms with Gasteiger partial charge in [0.25, 0.3) is 0 Å². The van der Waals surface area contributed by atoms with E-state index in [2.05, 4.69) is 23.2 Å². The molecule has 23 heavy (non-hydrogen) atoms. The van der Waals surface area contributed by atoms with Gasteiger partial charge in [0.2, 0.25) is 5.91 Å². The molecule has 1 aliphatic rings. The Morgan fingerprint density at radius 3 is 2.74 bits per heavy atom. The number of rotatable bonds is 4. The molecule has 0 unspecified atom stereocenters. The molecule has 1 N–H and O–H groups in total. The standard InChI is InChI=1S/C19H22N2O2/c1-15-10-12-21(13-11-15)18-7-3-2-6-17(18)20-19(22)9-8-16-5-4-14-23-16/h2-9,14-15H,10-13H2,1H3,(H,20,22). The number of anilines is 2. The third-order valence-corrected chi connectivity index (χ3v) is 4.23. The fourth-order valence-corrected chi connectivity index (χ4v) is 2.82. The summed E-state index contributed by atoms with van der Waals surface area (Å²) in [5, 5.41) is 2.97. The zero-order valence-electron chi connectivity index (χ0n) is 13.4. The van der Waals surface area contributed by atoms with E-state index >= 15 is 0 Å². The molecule has 0 spiro atoms. The van der Waals surface area contributed by atoms with E-state index < -0.39 is 0 Å². The van der Waals surface area contributed by atoms with E-state index in [4.69, 9.17) is 4.42 Å². The number of piperidine rings is 1. The Morgan fingerprint density at radius 1 is 1.22 bits per heavy atom. The Balaban J connectivity index is 1.69. The zero-order valence-corrected chi connectivity index (χ0v) is 13.4. The van der Waals surface area contributed by atoms with E-state index in [1.807, 2.05) is 24.3 Å². The number of para-hydroxylation sites is 2. The Bertz CT molecular complexity index is 668. The van der Waals surface area contributed by atoms with Crippen LogP contribution in [0.15, 0.2) is 53.2 Å². The molecule has 0 aliphatic carbocycles. The fraction of sp³-hybridized carbons (Fsp3) is 0.316. The molecule has 2 aromatic rings. The SMILES string of the molecule is CC1CCN(c2ccccc2NC(=O)C=Cc2ccco2)CC1. The Kier molecular flexibility index (Phi) is 4.81. The smallest absolute Gasteiger partial charge is 0.248 e. The summed E-state index contributed by atoms with van der Waals surface area (Å²) in [4.78, 5) is 14.5. The van der Waals surface area contributed by atoms with Crippen molar-refractivity contribution in [1.29, 1.82) is 0 Å². The van der Waals surface area contributed by atoms with Crippen LogP contribution >= 0.6 is 0 Å². The largest absolute Gasteiger partial charge is 0.465 e. The van der Waals surface area contributed by atoms with Crippen molar-refractivity contribution in [2.45, 2.75) is 19.8 Å². The first-order valence-corrected chi connectivity index (χ1v) is 8.09. The predicted molar refractivity (Wildman–Crippen MR) is 93.4 cm³/mol. The van der Waals surface area contributed by atoms with Crippen LogP contribution in [0.3, 0.4) is 0 Å². The maximum Gasteiger partial charge on any atom is 0.248 e. The Morgan fingerprint density at radius 2 is 2.00 bits per heavy atom. The van der Waals surface area contributed by atoms with E-state index in [9.17, 15) is 4.79 Å². The second-order valence-corrected chi connectivity index (χ2v) is 6.02. The van der Waals surface area contributed by atoms with Gasteiger partial charge in [0, 0.05) is 19.2 Å². The monoisotopic (exact) mass is 310 g/mol. The highest BCUT2D eigenvalue weighted by atomic mass is 16.3. The second kappa shape index (κ2) is 7.18. The lowest BCUT2D eigenvalue weighted by Gasteiger charge is -2.33. The van der Waals surface area contributed by atoms with Gasteiger partial charge < -0.3 is 14.6 Å². The number of hydrogen-bond acceptors (Lipinski definition) is 3. The molecule has 1 amide bonds. The summed E-state index contributed by atoms with van der Waals surface area (Å²) in [5.74, 6) is 1.29. The molecule has 2 heterocycles. The second-order valence-electron chi connectivity index (χ2n) is 6.02. The van der Waals surface area contributed by atoms with Crippen LogP contribution in [0.4, 0.5) is 11.4 Å². The first-order valence-electron chi connectivity index (χ1n) is 8.09. The molecule has 1 fully saturated rings. The fourth-order valence-electron chi connectivity index (χ4n) is 2.82. The lowest BCUT2D eigenvalue weighted by atomic mass is 9.98. The normalized spacial score (nSPS) is 16.0. The van der Waals surface area contributed by atoms with Crippen molar-refractivity contribution in [2.24, 2.45) is 5.92 Å². The van der Waals surface area contributed by atoms with Crippen molar-refractivity contribution in [1.82, 2.24) is 0 Å². The highest BCUT2D eigenvalue weighted by Crippen LogP contribution is 2.29. The van der Waals surface area contributed by atoms with Gasteiger partial charge in [-0.05, 0) is 49.1 Å². The quantitative estimate of drug-likeness (QED) is 0.862. The third kappa shape index (κ3) is 4.03. The molecule has 1 aromatic carbocycles. The number of amides is 1. The van der Waals surface area contributed by atoms with Crippen LogP contribution < -0.4 is 10.2 Å². The van der Waals surface area contributed by atoms with Gasteiger partial charge in [0.15, 0.2) is 0 Å².